The minimum Gasteiger partial charge on any atom is -0.459 e. The highest BCUT2D eigenvalue weighted by atomic mass is 16.5. The first-order valence-corrected chi connectivity index (χ1v) is 7.04. The Bertz CT molecular complexity index is 324. The smallest absolute Gasteiger partial charge is 0.338 e. The normalized spacial score (nSPS) is 10.6. The van der Waals surface area contributed by atoms with Crippen LogP contribution in [0.4, 0.5) is 0 Å². The lowest BCUT2D eigenvalue weighted by Gasteiger charge is -2.17. The van der Waals surface area contributed by atoms with Crippen LogP contribution in [0, 0.1) is 0 Å². The third-order valence-corrected chi connectivity index (χ3v) is 3.04. The predicted molar refractivity (Wildman–Crippen MR) is 74.7 cm³/mol. The van der Waals surface area contributed by atoms with Crippen LogP contribution in [-0.2, 0) is 4.74 Å². The first-order chi connectivity index (χ1) is 8.77. The summed E-state index contributed by atoms with van der Waals surface area (Å²) < 4.78 is 5.60. The van der Waals surface area contributed by atoms with Crippen molar-refractivity contribution < 1.29 is 9.53 Å². The molecule has 2 heteroatoms. The number of unbranched alkanes of at least 4 members (excludes halogenated alkanes) is 2. The van der Waals surface area contributed by atoms with Crippen molar-refractivity contribution in [3.8, 4) is 0 Å². The Balaban J connectivity index is 2.50. The van der Waals surface area contributed by atoms with Crippen molar-refractivity contribution in [2.75, 3.05) is 0 Å². The Morgan fingerprint density at radius 3 is 2.11 bits per heavy atom. The van der Waals surface area contributed by atoms with Crippen molar-refractivity contribution in [3.63, 3.8) is 0 Å². The minimum atomic E-state index is -0.187. The summed E-state index contributed by atoms with van der Waals surface area (Å²) in [5.74, 6) is -0.187. The fraction of sp³-hybridized carbons (Fsp3) is 0.562. The molecular weight excluding hydrogens is 224 g/mol. The van der Waals surface area contributed by atoms with Crippen LogP contribution in [0.2, 0.25) is 0 Å². The molecule has 18 heavy (non-hydrogen) atoms. The van der Waals surface area contributed by atoms with Crippen LogP contribution >= 0.6 is 0 Å². The van der Waals surface area contributed by atoms with Gasteiger partial charge in [-0.3, -0.25) is 0 Å². The van der Waals surface area contributed by atoms with Crippen LogP contribution in [0.25, 0.3) is 0 Å². The van der Waals surface area contributed by atoms with Crippen molar-refractivity contribution >= 4 is 5.97 Å². The largest absolute Gasteiger partial charge is 0.459 e. The maximum atomic E-state index is 12.0. The molecule has 0 heterocycles. The van der Waals surface area contributed by atoms with Gasteiger partial charge in [-0.25, -0.2) is 4.79 Å². The van der Waals surface area contributed by atoms with Crippen molar-refractivity contribution in [2.24, 2.45) is 0 Å². The second kappa shape index (κ2) is 8.73. The standard InChI is InChI=1S/C16H24O2/c1-3-5-12-15(13-6-4-2)18-16(17)14-10-8-7-9-11-14/h7-11,15H,3-6,12-13H2,1-2H3. The van der Waals surface area contributed by atoms with Crippen molar-refractivity contribution in [1.82, 2.24) is 0 Å². The van der Waals surface area contributed by atoms with E-state index in [-0.39, 0.29) is 12.1 Å². The number of rotatable bonds is 8. The molecule has 0 atom stereocenters. The van der Waals surface area contributed by atoms with Gasteiger partial charge in [0.25, 0.3) is 0 Å². The molecule has 0 bridgehead atoms. The summed E-state index contributed by atoms with van der Waals surface area (Å²) in [7, 11) is 0. The van der Waals surface area contributed by atoms with E-state index < -0.39 is 0 Å². The van der Waals surface area contributed by atoms with E-state index >= 15 is 0 Å². The summed E-state index contributed by atoms with van der Waals surface area (Å²) in [6, 6.07) is 9.24. The maximum Gasteiger partial charge on any atom is 0.338 e. The molecule has 1 aromatic rings. The number of hydrogen-bond donors (Lipinski definition) is 0. The van der Waals surface area contributed by atoms with Gasteiger partial charge in [-0.05, 0) is 25.0 Å². The highest BCUT2D eigenvalue weighted by Gasteiger charge is 2.14. The van der Waals surface area contributed by atoms with Gasteiger partial charge in [0.2, 0.25) is 0 Å². The number of esters is 1. The molecule has 0 spiro atoms. The Labute approximate surface area is 110 Å². The zero-order chi connectivity index (χ0) is 13.2. The Morgan fingerprint density at radius 1 is 1.06 bits per heavy atom. The van der Waals surface area contributed by atoms with Gasteiger partial charge in [-0.2, -0.15) is 0 Å². The molecule has 0 aliphatic carbocycles. The molecule has 0 aliphatic heterocycles. The van der Waals surface area contributed by atoms with E-state index in [0.29, 0.717) is 5.56 Å². The summed E-state index contributed by atoms with van der Waals surface area (Å²) in [4.78, 5) is 12.0. The van der Waals surface area contributed by atoms with E-state index in [4.69, 9.17) is 4.74 Å². The molecule has 1 rings (SSSR count). The zero-order valence-corrected chi connectivity index (χ0v) is 11.5. The third-order valence-electron chi connectivity index (χ3n) is 3.04. The van der Waals surface area contributed by atoms with E-state index in [1.54, 1.807) is 12.1 Å². The van der Waals surface area contributed by atoms with E-state index in [9.17, 15) is 4.79 Å². The average Bonchev–Trinajstić information content (AvgIpc) is 2.42. The third kappa shape index (κ3) is 5.35. The summed E-state index contributed by atoms with van der Waals surface area (Å²) in [6.45, 7) is 4.33. The molecule has 0 aliphatic rings. The fourth-order valence-corrected chi connectivity index (χ4v) is 1.92. The lowest BCUT2D eigenvalue weighted by atomic mass is 10.1. The van der Waals surface area contributed by atoms with Gasteiger partial charge in [0.05, 0.1) is 5.56 Å². The maximum absolute atomic E-state index is 12.0. The summed E-state index contributed by atoms with van der Waals surface area (Å²) >= 11 is 0. The van der Waals surface area contributed by atoms with Gasteiger partial charge < -0.3 is 4.74 Å². The average molecular weight is 248 g/mol. The summed E-state index contributed by atoms with van der Waals surface area (Å²) in [5.41, 5.74) is 0.649. The lowest BCUT2D eigenvalue weighted by Crippen LogP contribution is -2.18. The Hall–Kier alpha value is -1.31. The SMILES string of the molecule is CCCCC(CCCC)OC(=O)c1ccccc1. The number of carbonyl (C=O) groups excluding carboxylic acids is 1. The number of hydrogen-bond acceptors (Lipinski definition) is 2. The van der Waals surface area contributed by atoms with Gasteiger partial charge in [-0.15, -0.1) is 0 Å². The Morgan fingerprint density at radius 2 is 1.61 bits per heavy atom. The summed E-state index contributed by atoms with van der Waals surface area (Å²) in [5, 5.41) is 0. The fourth-order valence-electron chi connectivity index (χ4n) is 1.92. The molecule has 0 unspecified atom stereocenters. The van der Waals surface area contributed by atoms with Crippen LogP contribution in [0.5, 0.6) is 0 Å². The molecule has 2 nitrogen and oxygen atoms in total. The highest BCUT2D eigenvalue weighted by molar-refractivity contribution is 5.89. The van der Waals surface area contributed by atoms with E-state index in [2.05, 4.69) is 13.8 Å². The minimum absolute atomic E-state index is 0.0811. The molecule has 0 saturated carbocycles. The van der Waals surface area contributed by atoms with Crippen LogP contribution in [0.3, 0.4) is 0 Å². The predicted octanol–water partition coefficient (Wildman–Crippen LogP) is 4.59. The van der Waals surface area contributed by atoms with Crippen LogP contribution in [0.15, 0.2) is 30.3 Å². The summed E-state index contributed by atoms with van der Waals surface area (Å²) in [6.07, 6.45) is 6.58. The second-order valence-electron chi connectivity index (χ2n) is 4.68. The zero-order valence-electron chi connectivity index (χ0n) is 11.5. The first kappa shape index (κ1) is 14.7. The van der Waals surface area contributed by atoms with Gasteiger partial charge in [0.1, 0.15) is 6.10 Å². The molecule has 1 aromatic carbocycles. The van der Waals surface area contributed by atoms with Gasteiger partial charge in [0, 0.05) is 0 Å². The molecule has 0 radical (unpaired) electrons. The number of ether oxygens (including phenoxy) is 1. The second-order valence-corrected chi connectivity index (χ2v) is 4.68. The first-order valence-electron chi connectivity index (χ1n) is 7.04. The van der Waals surface area contributed by atoms with Crippen LogP contribution < -0.4 is 0 Å². The Kier molecular flexibility index (Phi) is 7.16. The van der Waals surface area contributed by atoms with E-state index in [0.717, 1.165) is 38.5 Å². The van der Waals surface area contributed by atoms with Crippen molar-refractivity contribution in [1.29, 1.82) is 0 Å². The topological polar surface area (TPSA) is 26.3 Å². The molecule has 100 valence electrons. The molecule has 0 aromatic heterocycles. The van der Waals surface area contributed by atoms with Gasteiger partial charge in [0.15, 0.2) is 0 Å². The number of benzene rings is 1. The highest BCUT2D eigenvalue weighted by Crippen LogP contribution is 2.14. The monoisotopic (exact) mass is 248 g/mol. The quantitative estimate of drug-likeness (QED) is 0.629. The van der Waals surface area contributed by atoms with Crippen molar-refractivity contribution in [2.45, 2.75) is 58.5 Å². The van der Waals surface area contributed by atoms with Crippen LogP contribution in [0.1, 0.15) is 62.7 Å². The molecule has 0 fully saturated rings. The van der Waals surface area contributed by atoms with Crippen LogP contribution in [-0.4, -0.2) is 12.1 Å². The number of carbonyl (C=O) groups is 1. The van der Waals surface area contributed by atoms with Gasteiger partial charge >= 0.3 is 5.97 Å². The molecule has 0 saturated heterocycles. The van der Waals surface area contributed by atoms with E-state index in [1.165, 1.54) is 0 Å². The molecule has 0 amide bonds. The molecule has 0 N–H and O–H groups in total. The van der Waals surface area contributed by atoms with Gasteiger partial charge in [-0.1, -0.05) is 57.7 Å². The van der Waals surface area contributed by atoms with E-state index in [1.807, 2.05) is 18.2 Å². The molecular formula is C16H24O2. The lowest BCUT2D eigenvalue weighted by molar-refractivity contribution is 0.0251. The van der Waals surface area contributed by atoms with Crippen molar-refractivity contribution in [3.05, 3.63) is 35.9 Å².